The van der Waals surface area contributed by atoms with Gasteiger partial charge in [-0.2, -0.15) is 0 Å². The Kier molecular flexibility index (Phi) is 8.46. The number of rotatable bonds is 8. The van der Waals surface area contributed by atoms with Crippen molar-refractivity contribution in [3.05, 3.63) is 100 Å². The Labute approximate surface area is 201 Å². The largest absolute Gasteiger partial charge is 0.451 e. The van der Waals surface area contributed by atoms with Gasteiger partial charge in [0.2, 0.25) is 0 Å². The maximum atomic E-state index is 12.9. The van der Waals surface area contributed by atoms with Crippen LogP contribution in [-0.4, -0.2) is 29.9 Å². The molecule has 0 aromatic heterocycles. The standard InChI is InChI=1S/C25H22Cl2N2O4/c1-16(23(30)28-21-14-19(26)13-20(27)15-21)33-25(32)22(12-17-8-4-2-5-9-17)29-24(31)18-10-6-3-7-11-18/h2-11,13-16,22H,12H2,1H3,(H,28,30)(H,29,31)/t16-,22+/m0/s1. The number of carbonyl (C=O) groups is 3. The second kappa shape index (κ2) is 11.5. The van der Waals surface area contributed by atoms with Crippen LogP contribution < -0.4 is 10.6 Å². The lowest BCUT2D eigenvalue weighted by molar-refractivity contribution is -0.155. The number of ether oxygens (including phenoxy) is 1. The summed E-state index contributed by atoms with van der Waals surface area (Å²) in [5.74, 6) is -1.71. The third-order valence-corrected chi connectivity index (χ3v) is 5.14. The van der Waals surface area contributed by atoms with E-state index in [0.29, 0.717) is 21.3 Å². The summed E-state index contributed by atoms with van der Waals surface area (Å²) >= 11 is 11.9. The summed E-state index contributed by atoms with van der Waals surface area (Å²) in [6.07, 6.45) is -0.918. The van der Waals surface area contributed by atoms with Crippen molar-refractivity contribution in [1.82, 2.24) is 5.32 Å². The smallest absolute Gasteiger partial charge is 0.329 e. The highest BCUT2D eigenvalue weighted by Crippen LogP contribution is 2.22. The zero-order chi connectivity index (χ0) is 23.8. The molecule has 0 bridgehead atoms. The number of benzene rings is 3. The molecule has 0 heterocycles. The molecule has 0 radical (unpaired) electrons. The minimum absolute atomic E-state index is 0.205. The van der Waals surface area contributed by atoms with Crippen molar-refractivity contribution in [2.24, 2.45) is 0 Å². The van der Waals surface area contributed by atoms with Gasteiger partial charge in [0.25, 0.3) is 11.8 Å². The number of esters is 1. The van der Waals surface area contributed by atoms with Gasteiger partial charge in [-0.3, -0.25) is 9.59 Å². The zero-order valence-electron chi connectivity index (χ0n) is 17.8. The van der Waals surface area contributed by atoms with E-state index in [9.17, 15) is 14.4 Å². The number of carbonyl (C=O) groups excluding carboxylic acids is 3. The predicted molar refractivity (Wildman–Crippen MR) is 128 cm³/mol. The lowest BCUT2D eigenvalue weighted by atomic mass is 10.1. The molecule has 6 nitrogen and oxygen atoms in total. The average Bonchev–Trinajstić information content (AvgIpc) is 2.79. The van der Waals surface area contributed by atoms with Gasteiger partial charge in [0.15, 0.2) is 6.10 Å². The second-order valence-electron chi connectivity index (χ2n) is 7.31. The summed E-state index contributed by atoms with van der Waals surface area (Å²) in [5, 5.41) is 6.03. The molecule has 0 spiro atoms. The highest BCUT2D eigenvalue weighted by atomic mass is 35.5. The highest BCUT2D eigenvalue weighted by molar-refractivity contribution is 6.35. The SMILES string of the molecule is C[C@H](OC(=O)[C@@H](Cc1ccccc1)NC(=O)c1ccccc1)C(=O)Nc1cc(Cl)cc(Cl)c1. The highest BCUT2D eigenvalue weighted by Gasteiger charge is 2.27. The van der Waals surface area contributed by atoms with E-state index < -0.39 is 29.9 Å². The van der Waals surface area contributed by atoms with Crippen LogP contribution in [0.15, 0.2) is 78.9 Å². The molecule has 2 atom stereocenters. The fourth-order valence-corrected chi connectivity index (χ4v) is 3.58. The van der Waals surface area contributed by atoms with Gasteiger partial charge < -0.3 is 15.4 Å². The molecule has 0 aliphatic heterocycles. The van der Waals surface area contributed by atoms with Gasteiger partial charge in [-0.15, -0.1) is 0 Å². The quantitative estimate of drug-likeness (QED) is 0.445. The molecule has 170 valence electrons. The van der Waals surface area contributed by atoms with Crippen molar-refractivity contribution in [3.63, 3.8) is 0 Å². The Morgan fingerprint density at radius 3 is 2.06 bits per heavy atom. The van der Waals surface area contributed by atoms with Crippen LogP contribution in [0.2, 0.25) is 10.0 Å². The van der Waals surface area contributed by atoms with E-state index in [1.54, 1.807) is 30.3 Å². The second-order valence-corrected chi connectivity index (χ2v) is 8.18. The normalized spacial score (nSPS) is 12.3. The van der Waals surface area contributed by atoms with Gasteiger partial charge in [-0.1, -0.05) is 71.7 Å². The number of halogens is 2. The molecule has 33 heavy (non-hydrogen) atoms. The Morgan fingerprint density at radius 1 is 0.879 bits per heavy atom. The molecule has 0 aliphatic carbocycles. The van der Waals surface area contributed by atoms with E-state index in [0.717, 1.165) is 5.56 Å². The van der Waals surface area contributed by atoms with Crippen LogP contribution in [0.1, 0.15) is 22.8 Å². The molecule has 3 aromatic carbocycles. The lowest BCUT2D eigenvalue weighted by Crippen LogP contribution is -2.45. The third-order valence-electron chi connectivity index (χ3n) is 4.70. The van der Waals surface area contributed by atoms with Crippen molar-refractivity contribution in [2.45, 2.75) is 25.5 Å². The molecule has 0 unspecified atom stereocenters. The molecule has 2 N–H and O–H groups in total. The first-order valence-corrected chi connectivity index (χ1v) is 10.9. The van der Waals surface area contributed by atoms with Crippen molar-refractivity contribution in [2.75, 3.05) is 5.32 Å². The molecular weight excluding hydrogens is 463 g/mol. The van der Waals surface area contributed by atoms with E-state index in [1.165, 1.54) is 25.1 Å². The molecule has 2 amide bonds. The lowest BCUT2D eigenvalue weighted by Gasteiger charge is -2.21. The van der Waals surface area contributed by atoms with Crippen LogP contribution in [-0.2, 0) is 20.7 Å². The fourth-order valence-electron chi connectivity index (χ4n) is 3.05. The molecule has 0 saturated heterocycles. The summed E-state index contributed by atoms with van der Waals surface area (Å²) in [4.78, 5) is 38.1. The number of hydrogen-bond acceptors (Lipinski definition) is 4. The summed E-state index contributed by atoms with van der Waals surface area (Å²) in [5.41, 5.74) is 1.61. The van der Waals surface area contributed by atoms with Gasteiger partial charge in [0.1, 0.15) is 6.04 Å². The van der Waals surface area contributed by atoms with Crippen LogP contribution in [0.3, 0.4) is 0 Å². The van der Waals surface area contributed by atoms with Crippen LogP contribution in [0.4, 0.5) is 5.69 Å². The summed E-state index contributed by atoms with van der Waals surface area (Å²) < 4.78 is 5.38. The molecule has 0 aliphatic rings. The van der Waals surface area contributed by atoms with E-state index in [-0.39, 0.29) is 6.42 Å². The number of amides is 2. The van der Waals surface area contributed by atoms with Crippen LogP contribution >= 0.6 is 23.2 Å². The number of anilines is 1. The summed E-state index contributed by atoms with van der Waals surface area (Å²) in [6.45, 7) is 1.44. The summed E-state index contributed by atoms with van der Waals surface area (Å²) in [6, 6.07) is 21.3. The Bertz CT molecular complexity index is 1100. The first-order valence-electron chi connectivity index (χ1n) is 10.2. The molecule has 3 aromatic rings. The van der Waals surface area contributed by atoms with E-state index in [1.807, 2.05) is 30.3 Å². The van der Waals surface area contributed by atoms with Crippen molar-refractivity contribution in [1.29, 1.82) is 0 Å². The predicted octanol–water partition coefficient (Wildman–Crippen LogP) is 4.90. The Morgan fingerprint density at radius 2 is 1.45 bits per heavy atom. The van der Waals surface area contributed by atoms with Crippen LogP contribution in [0, 0.1) is 0 Å². The number of nitrogens with one attached hydrogen (secondary N) is 2. The van der Waals surface area contributed by atoms with Crippen LogP contribution in [0.25, 0.3) is 0 Å². The van der Waals surface area contributed by atoms with Gasteiger partial charge in [-0.25, -0.2) is 4.79 Å². The monoisotopic (exact) mass is 484 g/mol. The van der Waals surface area contributed by atoms with Gasteiger partial charge >= 0.3 is 5.97 Å². The minimum Gasteiger partial charge on any atom is -0.451 e. The molecule has 8 heteroatoms. The van der Waals surface area contributed by atoms with Crippen molar-refractivity contribution in [3.8, 4) is 0 Å². The van der Waals surface area contributed by atoms with E-state index in [2.05, 4.69) is 10.6 Å². The van der Waals surface area contributed by atoms with E-state index >= 15 is 0 Å². The maximum Gasteiger partial charge on any atom is 0.329 e. The van der Waals surface area contributed by atoms with Crippen LogP contribution in [0.5, 0.6) is 0 Å². The zero-order valence-corrected chi connectivity index (χ0v) is 19.3. The first-order chi connectivity index (χ1) is 15.8. The Hall–Kier alpha value is -3.35. The average molecular weight is 485 g/mol. The van der Waals surface area contributed by atoms with Crippen molar-refractivity contribution >= 4 is 46.7 Å². The fraction of sp³-hybridized carbons (Fsp3) is 0.160. The molecule has 0 fully saturated rings. The van der Waals surface area contributed by atoms with E-state index in [4.69, 9.17) is 27.9 Å². The summed E-state index contributed by atoms with van der Waals surface area (Å²) in [7, 11) is 0. The number of hydrogen-bond donors (Lipinski definition) is 2. The molecular formula is C25H22Cl2N2O4. The van der Waals surface area contributed by atoms with Gasteiger partial charge in [0.05, 0.1) is 0 Å². The third kappa shape index (κ3) is 7.34. The molecule has 3 rings (SSSR count). The van der Waals surface area contributed by atoms with Gasteiger partial charge in [0, 0.05) is 27.7 Å². The van der Waals surface area contributed by atoms with Gasteiger partial charge in [-0.05, 0) is 42.8 Å². The first kappa shape index (κ1) is 24.3. The Balaban J connectivity index is 1.70. The maximum absolute atomic E-state index is 12.9. The minimum atomic E-state index is -1.12. The molecule has 0 saturated carbocycles. The topological polar surface area (TPSA) is 84.5 Å². The van der Waals surface area contributed by atoms with Crippen molar-refractivity contribution < 1.29 is 19.1 Å².